The van der Waals surface area contributed by atoms with Crippen LogP contribution >= 0.6 is 0 Å². The van der Waals surface area contributed by atoms with Crippen molar-refractivity contribution in [2.75, 3.05) is 10.6 Å². The zero-order valence-corrected chi connectivity index (χ0v) is 12.0. The Hall–Kier alpha value is -2.62. The van der Waals surface area contributed by atoms with E-state index in [2.05, 4.69) is 0 Å². The Balaban J connectivity index is 2.14. The van der Waals surface area contributed by atoms with Crippen molar-refractivity contribution in [1.82, 2.24) is 0 Å². The van der Waals surface area contributed by atoms with Crippen LogP contribution < -0.4 is 10.6 Å². The Morgan fingerprint density at radius 2 is 1.76 bits per heavy atom. The maximum Gasteiger partial charge on any atom is 0.265 e. The Kier molecular flexibility index (Phi) is 3.01. The third-order valence-electron chi connectivity index (χ3n) is 3.87. The molecule has 2 aromatic rings. The number of hydrogen-bond donors (Lipinski definition) is 1. The number of nitrogen functional groups attached to an aromatic ring is 1. The lowest BCUT2D eigenvalue weighted by Gasteiger charge is -2.28. The van der Waals surface area contributed by atoms with Crippen molar-refractivity contribution in [1.29, 1.82) is 0 Å². The van der Waals surface area contributed by atoms with Crippen LogP contribution in [-0.2, 0) is 11.2 Å². The average Bonchev–Trinajstić information content (AvgIpc) is 2.44. The molecule has 0 radical (unpaired) electrons. The number of hydrogen-bond acceptors (Lipinski definition) is 3. The quantitative estimate of drug-likeness (QED) is 0.645. The molecule has 2 N–H and O–H groups in total. The molecule has 4 nitrogen and oxygen atoms in total. The summed E-state index contributed by atoms with van der Waals surface area (Å²) in [4.78, 5) is 26.3. The predicted molar refractivity (Wildman–Crippen MR) is 82.3 cm³/mol. The van der Waals surface area contributed by atoms with Crippen molar-refractivity contribution < 1.29 is 9.59 Å². The number of imide groups is 1. The molecule has 2 amide bonds. The van der Waals surface area contributed by atoms with Crippen LogP contribution in [0.1, 0.15) is 27.0 Å². The fourth-order valence-corrected chi connectivity index (χ4v) is 2.67. The minimum Gasteiger partial charge on any atom is -0.399 e. The van der Waals surface area contributed by atoms with Crippen LogP contribution in [0.2, 0.25) is 0 Å². The summed E-state index contributed by atoms with van der Waals surface area (Å²) in [5.41, 5.74) is 10.2. The molecule has 1 heterocycles. The fourth-order valence-electron chi connectivity index (χ4n) is 2.67. The maximum absolute atomic E-state index is 12.6. The number of benzene rings is 2. The molecule has 2 aromatic carbocycles. The van der Waals surface area contributed by atoms with Gasteiger partial charge in [-0.15, -0.1) is 0 Å². The Morgan fingerprint density at radius 1 is 1.05 bits per heavy atom. The second-order valence-corrected chi connectivity index (χ2v) is 5.36. The molecule has 106 valence electrons. The SMILES string of the molecule is Cc1cc(N2C(=O)Cc3ccccc3C2=O)c(C)cc1N. The smallest absolute Gasteiger partial charge is 0.265 e. The Morgan fingerprint density at radius 3 is 2.52 bits per heavy atom. The van der Waals surface area contributed by atoms with Gasteiger partial charge >= 0.3 is 0 Å². The Labute approximate surface area is 123 Å². The predicted octanol–water partition coefficient (Wildman–Crippen LogP) is 2.62. The lowest BCUT2D eigenvalue weighted by atomic mass is 9.97. The summed E-state index contributed by atoms with van der Waals surface area (Å²) >= 11 is 0. The van der Waals surface area contributed by atoms with Crippen LogP contribution in [-0.4, -0.2) is 11.8 Å². The van der Waals surface area contributed by atoms with Crippen molar-refractivity contribution >= 4 is 23.2 Å². The van der Waals surface area contributed by atoms with E-state index in [0.29, 0.717) is 16.9 Å². The molecular weight excluding hydrogens is 264 g/mol. The number of amides is 2. The molecule has 0 spiro atoms. The monoisotopic (exact) mass is 280 g/mol. The summed E-state index contributed by atoms with van der Waals surface area (Å²) in [7, 11) is 0. The molecule has 0 atom stereocenters. The number of fused-ring (bicyclic) bond motifs is 1. The summed E-state index contributed by atoms with van der Waals surface area (Å²) in [6, 6.07) is 10.8. The standard InChI is InChI=1S/C17H16N2O2/c1-10-8-15(11(2)7-14(10)18)19-16(20)9-12-5-3-4-6-13(12)17(19)21/h3-8H,9,18H2,1-2H3. The van der Waals surface area contributed by atoms with Gasteiger partial charge in [0.05, 0.1) is 12.1 Å². The van der Waals surface area contributed by atoms with Crippen molar-refractivity contribution in [3.8, 4) is 0 Å². The van der Waals surface area contributed by atoms with E-state index in [0.717, 1.165) is 16.7 Å². The maximum atomic E-state index is 12.6. The van der Waals surface area contributed by atoms with Crippen molar-refractivity contribution in [3.63, 3.8) is 0 Å². The van der Waals surface area contributed by atoms with Gasteiger partial charge in [0.15, 0.2) is 0 Å². The number of nitrogens with zero attached hydrogens (tertiary/aromatic N) is 1. The molecule has 0 fully saturated rings. The molecule has 0 saturated heterocycles. The van der Waals surface area contributed by atoms with E-state index in [1.165, 1.54) is 4.90 Å². The molecule has 21 heavy (non-hydrogen) atoms. The Bertz CT molecular complexity index is 765. The van der Waals surface area contributed by atoms with Crippen LogP contribution in [0.5, 0.6) is 0 Å². The van der Waals surface area contributed by atoms with E-state index in [1.54, 1.807) is 18.2 Å². The van der Waals surface area contributed by atoms with Crippen molar-refractivity contribution in [3.05, 3.63) is 58.7 Å². The van der Waals surface area contributed by atoms with E-state index in [-0.39, 0.29) is 18.2 Å². The van der Waals surface area contributed by atoms with Crippen LogP contribution in [0.15, 0.2) is 36.4 Å². The van der Waals surface area contributed by atoms with E-state index in [9.17, 15) is 9.59 Å². The first-order chi connectivity index (χ1) is 9.99. The van der Waals surface area contributed by atoms with E-state index >= 15 is 0 Å². The third kappa shape index (κ3) is 2.09. The number of nitrogens with two attached hydrogens (primary N) is 1. The second-order valence-electron chi connectivity index (χ2n) is 5.36. The summed E-state index contributed by atoms with van der Waals surface area (Å²) in [5.74, 6) is -0.472. The van der Waals surface area contributed by atoms with Gasteiger partial charge in [-0.3, -0.25) is 9.59 Å². The first kappa shape index (κ1) is 13.4. The van der Waals surface area contributed by atoms with Gasteiger partial charge in [-0.05, 0) is 48.7 Å². The van der Waals surface area contributed by atoms with E-state index < -0.39 is 0 Å². The molecule has 0 aromatic heterocycles. The van der Waals surface area contributed by atoms with Gasteiger partial charge in [0.2, 0.25) is 5.91 Å². The summed E-state index contributed by atoms with van der Waals surface area (Å²) in [6.45, 7) is 3.72. The highest BCUT2D eigenvalue weighted by molar-refractivity contribution is 6.25. The van der Waals surface area contributed by atoms with Crippen LogP contribution in [0.4, 0.5) is 11.4 Å². The van der Waals surface area contributed by atoms with E-state index in [4.69, 9.17) is 5.73 Å². The highest BCUT2D eigenvalue weighted by atomic mass is 16.2. The summed E-state index contributed by atoms with van der Waals surface area (Å²) in [5, 5.41) is 0. The summed E-state index contributed by atoms with van der Waals surface area (Å²) in [6.07, 6.45) is 0.241. The highest BCUT2D eigenvalue weighted by Gasteiger charge is 2.32. The van der Waals surface area contributed by atoms with Gasteiger partial charge in [-0.2, -0.15) is 0 Å². The van der Waals surface area contributed by atoms with Crippen molar-refractivity contribution in [2.24, 2.45) is 0 Å². The van der Waals surface area contributed by atoms with Crippen molar-refractivity contribution in [2.45, 2.75) is 20.3 Å². The number of carbonyl (C=O) groups is 2. The largest absolute Gasteiger partial charge is 0.399 e. The zero-order chi connectivity index (χ0) is 15.1. The van der Waals surface area contributed by atoms with Gasteiger partial charge in [-0.25, -0.2) is 4.90 Å². The van der Waals surface area contributed by atoms with Crippen LogP contribution in [0.3, 0.4) is 0 Å². The van der Waals surface area contributed by atoms with Gasteiger partial charge in [0.25, 0.3) is 5.91 Å². The minimum absolute atomic E-state index is 0.203. The first-order valence-electron chi connectivity index (χ1n) is 6.81. The highest BCUT2D eigenvalue weighted by Crippen LogP contribution is 2.30. The number of anilines is 2. The molecule has 4 heteroatoms. The molecule has 3 rings (SSSR count). The van der Waals surface area contributed by atoms with Gasteiger partial charge in [-0.1, -0.05) is 18.2 Å². The van der Waals surface area contributed by atoms with Crippen LogP contribution in [0, 0.1) is 13.8 Å². The zero-order valence-electron chi connectivity index (χ0n) is 12.0. The van der Waals surface area contributed by atoms with Gasteiger partial charge in [0.1, 0.15) is 0 Å². The molecule has 0 bridgehead atoms. The molecule has 1 aliphatic heterocycles. The molecule has 1 aliphatic rings. The summed E-state index contributed by atoms with van der Waals surface area (Å²) < 4.78 is 0. The minimum atomic E-state index is -0.269. The number of rotatable bonds is 1. The first-order valence-corrected chi connectivity index (χ1v) is 6.81. The van der Waals surface area contributed by atoms with Crippen LogP contribution in [0.25, 0.3) is 0 Å². The molecule has 0 aliphatic carbocycles. The molecule has 0 unspecified atom stereocenters. The number of aryl methyl sites for hydroxylation is 2. The fraction of sp³-hybridized carbons (Fsp3) is 0.176. The van der Waals surface area contributed by atoms with Gasteiger partial charge in [0, 0.05) is 11.3 Å². The van der Waals surface area contributed by atoms with E-state index in [1.807, 2.05) is 32.0 Å². The van der Waals surface area contributed by atoms with Gasteiger partial charge < -0.3 is 5.73 Å². The normalized spacial score (nSPS) is 14.3. The second kappa shape index (κ2) is 4.74. The lowest BCUT2D eigenvalue weighted by Crippen LogP contribution is -2.42. The average molecular weight is 280 g/mol. The lowest BCUT2D eigenvalue weighted by molar-refractivity contribution is -0.117. The third-order valence-corrected chi connectivity index (χ3v) is 3.87. The molecular formula is C17H16N2O2. The number of carbonyl (C=O) groups excluding carboxylic acids is 2. The molecule has 0 saturated carbocycles. The topological polar surface area (TPSA) is 63.4 Å².